The number of hydrogen-bond acceptors (Lipinski definition) is 3. The third kappa shape index (κ3) is 3.63. The fourth-order valence-electron chi connectivity index (χ4n) is 2.96. The predicted molar refractivity (Wildman–Crippen MR) is 77.1 cm³/mol. The molecule has 2 rings (SSSR count). The number of carbonyl (C=O) groups is 1. The molecular formula is C16H25NO3. The lowest BCUT2D eigenvalue weighted by molar-refractivity contribution is -0.128. The van der Waals surface area contributed by atoms with Crippen molar-refractivity contribution in [1.82, 2.24) is 5.32 Å². The summed E-state index contributed by atoms with van der Waals surface area (Å²) in [4.78, 5) is 12.2. The molecule has 0 aliphatic heterocycles. The molecule has 4 heteroatoms. The van der Waals surface area contributed by atoms with E-state index in [2.05, 4.69) is 19.2 Å². The van der Waals surface area contributed by atoms with E-state index in [0.717, 1.165) is 18.6 Å². The molecule has 1 aliphatic rings. The molecule has 0 bridgehead atoms. The summed E-state index contributed by atoms with van der Waals surface area (Å²) >= 11 is 0. The van der Waals surface area contributed by atoms with Gasteiger partial charge < -0.3 is 14.8 Å². The minimum absolute atomic E-state index is 0.0615. The van der Waals surface area contributed by atoms with Gasteiger partial charge in [-0.3, -0.25) is 4.79 Å². The monoisotopic (exact) mass is 279 g/mol. The van der Waals surface area contributed by atoms with Crippen molar-refractivity contribution in [2.24, 2.45) is 17.8 Å². The fourth-order valence-corrected chi connectivity index (χ4v) is 2.96. The van der Waals surface area contributed by atoms with Crippen LogP contribution in [0.4, 0.5) is 0 Å². The number of nitrogens with one attached hydrogen (secondary N) is 1. The van der Waals surface area contributed by atoms with E-state index in [-0.39, 0.29) is 18.4 Å². The van der Waals surface area contributed by atoms with Crippen LogP contribution in [0.15, 0.2) is 16.5 Å². The molecule has 1 saturated carbocycles. The average Bonchev–Trinajstić information content (AvgIpc) is 2.85. The first-order valence-electron chi connectivity index (χ1n) is 7.49. The van der Waals surface area contributed by atoms with E-state index in [9.17, 15) is 9.90 Å². The first kappa shape index (κ1) is 15.1. The summed E-state index contributed by atoms with van der Waals surface area (Å²) < 4.78 is 5.36. The van der Waals surface area contributed by atoms with Crippen molar-refractivity contribution in [1.29, 1.82) is 0 Å². The second-order valence-electron chi connectivity index (χ2n) is 6.21. The Kier molecular flexibility index (Phi) is 4.86. The van der Waals surface area contributed by atoms with Gasteiger partial charge >= 0.3 is 0 Å². The summed E-state index contributed by atoms with van der Waals surface area (Å²) in [5.41, 5.74) is 0. The van der Waals surface area contributed by atoms with E-state index < -0.39 is 6.10 Å². The van der Waals surface area contributed by atoms with Crippen molar-refractivity contribution in [2.75, 3.05) is 6.54 Å². The highest BCUT2D eigenvalue weighted by Crippen LogP contribution is 2.33. The van der Waals surface area contributed by atoms with Crippen LogP contribution in [0, 0.1) is 24.7 Å². The molecule has 112 valence electrons. The maximum atomic E-state index is 12.2. The molecule has 0 aromatic carbocycles. The minimum atomic E-state index is -0.774. The van der Waals surface area contributed by atoms with Gasteiger partial charge in [0.25, 0.3) is 0 Å². The predicted octanol–water partition coefficient (Wildman–Crippen LogP) is 2.81. The SMILES string of the molecule is Cc1ccc([C@@H](O)CNC(=O)C2CC(C)CCC2C)o1. The van der Waals surface area contributed by atoms with Gasteiger partial charge in [-0.2, -0.15) is 0 Å². The Hall–Kier alpha value is -1.29. The Bertz CT molecular complexity index is 454. The number of aliphatic hydroxyl groups is 1. The molecule has 4 nitrogen and oxygen atoms in total. The van der Waals surface area contributed by atoms with Crippen LogP contribution >= 0.6 is 0 Å². The smallest absolute Gasteiger partial charge is 0.223 e. The van der Waals surface area contributed by atoms with Crippen molar-refractivity contribution in [3.8, 4) is 0 Å². The Labute approximate surface area is 120 Å². The maximum Gasteiger partial charge on any atom is 0.223 e. The topological polar surface area (TPSA) is 62.5 Å². The number of carbonyl (C=O) groups excluding carboxylic acids is 1. The number of amides is 1. The molecule has 1 heterocycles. The van der Waals surface area contributed by atoms with Crippen molar-refractivity contribution in [3.63, 3.8) is 0 Å². The molecule has 2 N–H and O–H groups in total. The standard InChI is InChI=1S/C16H25NO3/c1-10-4-5-11(2)13(8-10)16(19)17-9-14(18)15-7-6-12(3)20-15/h6-7,10-11,13-14,18H,4-5,8-9H2,1-3H3,(H,17,19)/t10?,11?,13?,14-/m0/s1. The van der Waals surface area contributed by atoms with Crippen LogP contribution in [-0.4, -0.2) is 17.6 Å². The average molecular weight is 279 g/mol. The highest BCUT2D eigenvalue weighted by molar-refractivity contribution is 5.79. The highest BCUT2D eigenvalue weighted by atomic mass is 16.4. The zero-order valence-corrected chi connectivity index (χ0v) is 12.6. The quantitative estimate of drug-likeness (QED) is 0.891. The van der Waals surface area contributed by atoms with Gasteiger partial charge in [0.1, 0.15) is 17.6 Å². The zero-order valence-electron chi connectivity index (χ0n) is 12.6. The van der Waals surface area contributed by atoms with Crippen LogP contribution in [0.3, 0.4) is 0 Å². The number of rotatable bonds is 4. The van der Waals surface area contributed by atoms with Gasteiger partial charge in [-0.05, 0) is 43.7 Å². The molecule has 3 unspecified atom stereocenters. The van der Waals surface area contributed by atoms with E-state index in [1.54, 1.807) is 6.07 Å². The van der Waals surface area contributed by atoms with Crippen LogP contribution in [0.1, 0.15) is 50.7 Å². The van der Waals surface area contributed by atoms with E-state index in [0.29, 0.717) is 17.6 Å². The number of aryl methyl sites for hydroxylation is 1. The van der Waals surface area contributed by atoms with Crippen molar-refractivity contribution < 1.29 is 14.3 Å². The van der Waals surface area contributed by atoms with Crippen LogP contribution in [0.5, 0.6) is 0 Å². The molecule has 1 amide bonds. The molecule has 1 aromatic heterocycles. The largest absolute Gasteiger partial charge is 0.464 e. The second kappa shape index (κ2) is 6.44. The summed E-state index contributed by atoms with van der Waals surface area (Å²) in [5, 5.41) is 12.9. The van der Waals surface area contributed by atoms with Gasteiger partial charge in [-0.1, -0.05) is 20.3 Å². The third-order valence-electron chi connectivity index (χ3n) is 4.35. The molecule has 0 radical (unpaired) electrons. The van der Waals surface area contributed by atoms with Gasteiger partial charge in [0.2, 0.25) is 5.91 Å². The van der Waals surface area contributed by atoms with Gasteiger partial charge in [0.15, 0.2) is 0 Å². The van der Waals surface area contributed by atoms with Crippen LogP contribution in [0.25, 0.3) is 0 Å². The third-order valence-corrected chi connectivity index (χ3v) is 4.35. The molecule has 1 aliphatic carbocycles. The molecule has 4 atom stereocenters. The van der Waals surface area contributed by atoms with Gasteiger partial charge in [-0.15, -0.1) is 0 Å². The Morgan fingerprint density at radius 1 is 1.45 bits per heavy atom. The highest BCUT2D eigenvalue weighted by Gasteiger charge is 2.31. The number of furan rings is 1. The van der Waals surface area contributed by atoms with Crippen LogP contribution in [0.2, 0.25) is 0 Å². The first-order valence-corrected chi connectivity index (χ1v) is 7.49. The summed E-state index contributed by atoms with van der Waals surface area (Å²) in [6, 6.07) is 3.56. The molecular weight excluding hydrogens is 254 g/mol. The Morgan fingerprint density at radius 2 is 2.20 bits per heavy atom. The molecule has 0 spiro atoms. The normalized spacial score (nSPS) is 28.1. The van der Waals surface area contributed by atoms with Crippen molar-refractivity contribution in [2.45, 2.75) is 46.1 Å². The minimum Gasteiger partial charge on any atom is -0.464 e. The second-order valence-corrected chi connectivity index (χ2v) is 6.21. The van der Waals surface area contributed by atoms with Crippen molar-refractivity contribution >= 4 is 5.91 Å². The fraction of sp³-hybridized carbons (Fsp3) is 0.688. The van der Waals surface area contributed by atoms with E-state index in [1.807, 2.05) is 13.0 Å². The Balaban J connectivity index is 1.85. The van der Waals surface area contributed by atoms with Gasteiger partial charge in [-0.25, -0.2) is 0 Å². The number of aliphatic hydroxyl groups excluding tert-OH is 1. The van der Waals surface area contributed by atoms with E-state index >= 15 is 0 Å². The van der Waals surface area contributed by atoms with E-state index in [4.69, 9.17) is 4.42 Å². The lowest BCUT2D eigenvalue weighted by Gasteiger charge is -2.31. The van der Waals surface area contributed by atoms with Crippen LogP contribution < -0.4 is 5.32 Å². The number of hydrogen-bond donors (Lipinski definition) is 2. The maximum absolute atomic E-state index is 12.2. The summed E-state index contributed by atoms with van der Waals surface area (Å²) in [5.74, 6) is 2.44. The zero-order chi connectivity index (χ0) is 14.7. The molecule has 1 aromatic rings. The summed E-state index contributed by atoms with van der Waals surface area (Å²) in [6.45, 7) is 6.39. The van der Waals surface area contributed by atoms with Crippen LogP contribution in [-0.2, 0) is 4.79 Å². The summed E-state index contributed by atoms with van der Waals surface area (Å²) in [7, 11) is 0. The van der Waals surface area contributed by atoms with E-state index in [1.165, 1.54) is 6.42 Å². The van der Waals surface area contributed by atoms with Crippen molar-refractivity contribution in [3.05, 3.63) is 23.7 Å². The Morgan fingerprint density at radius 3 is 2.85 bits per heavy atom. The molecule has 20 heavy (non-hydrogen) atoms. The lowest BCUT2D eigenvalue weighted by atomic mass is 9.75. The molecule has 0 saturated heterocycles. The van der Waals surface area contributed by atoms with Gasteiger partial charge in [0, 0.05) is 5.92 Å². The first-order chi connectivity index (χ1) is 9.47. The van der Waals surface area contributed by atoms with Gasteiger partial charge in [0.05, 0.1) is 6.54 Å². The summed E-state index contributed by atoms with van der Waals surface area (Å²) in [6.07, 6.45) is 2.49. The molecule has 1 fully saturated rings. The lowest BCUT2D eigenvalue weighted by Crippen LogP contribution is -2.39.